The van der Waals surface area contributed by atoms with E-state index in [1.807, 2.05) is 0 Å². The Bertz CT molecular complexity index is 307. The number of nitrogens with zero attached hydrogens (tertiary/aromatic N) is 2. The Kier molecular flexibility index (Phi) is 6.10. The number of aryl methyl sites for hydroxylation is 2. The van der Waals surface area contributed by atoms with E-state index in [1.54, 1.807) is 0 Å². The van der Waals surface area contributed by atoms with E-state index in [0.29, 0.717) is 5.92 Å². The molecule has 0 bridgehead atoms. The second-order valence-electron chi connectivity index (χ2n) is 4.33. The van der Waals surface area contributed by atoms with Crippen molar-refractivity contribution in [2.24, 2.45) is 5.92 Å². The highest BCUT2D eigenvalue weighted by Gasteiger charge is 2.11. The van der Waals surface area contributed by atoms with Crippen LogP contribution in [0.5, 0.6) is 0 Å². The quantitative estimate of drug-likeness (QED) is 0.697. The maximum Gasteiger partial charge on any atom is 0.0624 e. The van der Waals surface area contributed by atoms with Crippen LogP contribution in [-0.2, 0) is 19.4 Å². The van der Waals surface area contributed by atoms with E-state index < -0.39 is 0 Å². The first-order valence-corrected chi connectivity index (χ1v) is 7.48. The molecule has 92 valence electrons. The zero-order valence-electron chi connectivity index (χ0n) is 10.7. The van der Waals surface area contributed by atoms with Crippen molar-refractivity contribution < 1.29 is 0 Å². The molecule has 0 aliphatic heterocycles. The predicted molar refractivity (Wildman–Crippen MR) is 73.2 cm³/mol. The van der Waals surface area contributed by atoms with E-state index in [2.05, 4.69) is 52.5 Å². The van der Waals surface area contributed by atoms with Gasteiger partial charge in [-0.1, -0.05) is 43.1 Å². The van der Waals surface area contributed by atoms with E-state index in [9.17, 15) is 0 Å². The standard InChI is InChI=1S/C13H23BrN2/c1-4-7-11(9-14)10-16-13(6-3)8-12(5-2)15-16/h8,11H,4-7,9-10H2,1-3H3. The molecule has 0 N–H and O–H groups in total. The summed E-state index contributed by atoms with van der Waals surface area (Å²) in [7, 11) is 0. The second-order valence-corrected chi connectivity index (χ2v) is 4.97. The summed E-state index contributed by atoms with van der Waals surface area (Å²) in [5.74, 6) is 0.708. The summed E-state index contributed by atoms with van der Waals surface area (Å²) in [6, 6.07) is 2.25. The lowest BCUT2D eigenvalue weighted by atomic mass is 10.1. The van der Waals surface area contributed by atoms with Gasteiger partial charge < -0.3 is 0 Å². The summed E-state index contributed by atoms with van der Waals surface area (Å²) >= 11 is 3.60. The predicted octanol–water partition coefficient (Wildman–Crippen LogP) is 3.82. The first-order chi connectivity index (χ1) is 7.74. The summed E-state index contributed by atoms with van der Waals surface area (Å²) in [5.41, 5.74) is 2.60. The maximum atomic E-state index is 4.67. The van der Waals surface area contributed by atoms with Crippen molar-refractivity contribution in [2.45, 2.75) is 53.0 Å². The Labute approximate surface area is 108 Å². The highest BCUT2D eigenvalue weighted by molar-refractivity contribution is 9.09. The highest BCUT2D eigenvalue weighted by Crippen LogP contribution is 2.15. The van der Waals surface area contributed by atoms with Crippen LogP contribution in [-0.4, -0.2) is 15.1 Å². The number of aromatic nitrogens is 2. The molecule has 0 aliphatic carbocycles. The molecule has 0 amide bonds. The van der Waals surface area contributed by atoms with Gasteiger partial charge in [0.05, 0.1) is 5.69 Å². The van der Waals surface area contributed by atoms with Crippen LogP contribution in [0.4, 0.5) is 0 Å². The molecule has 0 fully saturated rings. The molecular weight excluding hydrogens is 264 g/mol. The third kappa shape index (κ3) is 3.62. The summed E-state index contributed by atoms with van der Waals surface area (Å²) in [6.45, 7) is 7.68. The van der Waals surface area contributed by atoms with Crippen molar-refractivity contribution in [1.82, 2.24) is 9.78 Å². The Morgan fingerprint density at radius 2 is 2.06 bits per heavy atom. The molecule has 3 heteroatoms. The lowest BCUT2D eigenvalue weighted by Crippen LogP contribution is -2.15. The smallest absolute Gasteiger partial charge is 0.0624 e. The first kappa shape index (κ1) is 13.8. The van der Waals surface area contributed by atoms with Gasteiger partial charge in [-0.15, -0.1) is 0 Å². The maximum absolute atomic E-state index is 4.67. The van der Waals surface area contributed by atoms with Gasteiger partial charge in [0.2, 0.25) is 0 Å². The van der Waals surface area contributed by atoms with Crippen LogP contribution in [0.1, 0.15) is 45.0 Å². The molecule has 1 heterocycles. The van der Waals surface area contributed by atoms with Gasteiger partial charge in [0.1, 0.15) is 0 Å². The molecule has 0 saturated carbocycles. The van der Waals surface area contributed by atoms with Crippen LogP contribution in [0.25, 0.3) is 0 Å². The number of hydrogen-bond acceptors (Lipinski definition) is 1. The van der Waals surface area contributed by atoms with Crippen molar-refractivity contribution >= 4 is 15.9 Å². The first-order valence-electron chi connectivity index (χ1n) is 6.36. The van der Waals surface area contributed by atoms with Crippen molar-refractivity contribution in [2.75, 3.05) is 5.33 Å². The fourth-order valence-corrected chi connectivity index (χ4v) is 2.53. The topological polar surface area (TPSA) is 17.8 Å². The highest BCUT2D eigenvalue weighted by atomic mass is 79.9. The van der Waals surface area contributed by atoms with Crippen LogP contribution in [0.3, 0.4) is 0 Å². The SMILES string of the molecule is CCCC(CBr)Cn1nc(CC)cc1CC. The fourth-order valence-electron chi connectivity index (χ4n) is 2.00. The van der Waals surface area contributed by atoms with Crippen molar-refractivity contribution in [3.05, 3.63) is 17.5 Å². The lowest BCUT2D eigenvalue weighted by molar-refractivity contribution is 0.418. The molecule has 0 saturated heterocycles. The second kappa shape index (κ2) is 7.10. The Balaban J connectivity index is 2.73. The molecule has 1 unspecified atom stereocenters. The Morgan fingerprint density at radius 3 is 2.56 bits per heavy atom. The molecule has 0 radical (unpaired) electrons. The Morgan fingerprint density at radius 1 is 1.31 bits per heavy atom. The zero-order valence-corrected chi connectivity index (χ0v) is 12.3. The van der Waals surface area contributed by atoms with E-state index in [1.165, 1.54) is 24.2 Å². The van der Waals surface area contributed by atoms with Gasteiger partial charge in [-0.2, -0.15) is 5.10 Å². The molecule has 16 heavy (non-hydrogen) atoms. The number of hydrogen-bond donors (Lipinski definition) is 0. The summed E-state index contributed by atoms with van der Waals surface area (Å²) in [5, 5.41) is 5.74. The summed E-state index contributed by atoms with van der Waals surface area (Å²) < 4.78 is 2.21. The number of rotatable bonds is 7. The van der Waals surface area contributed by atoms with Crippen LogP contribution in [0.2, 0.25) is 0 Å². The minimum Gasteiger partial charge on any atom is -0.269 e. The monoisotopic (exact) mass is 286 g/mol. The van der Waals surface area contributed by atoms with Crippen LogP contribution < -0.4 is 0 Å². The number of alkyl halides is 1. The van der Waals surface area contributed by atoms with Crippen molar-refractivity contribution in [3.63, 3.8) is 0 Å². The molecule has 2 nitrogen and oxygen atoms in total. The van der Waals surface area contributed by atoms with Crippen LogP contribution in [0.15, 0.2) is 6.07 Å². The van der Waals surface area contributed by atoms with Gasteiger partial charge in [0.25, 0.3) is 0 Å². The van der Waals surface area contributed by atoms with Crippen LogP contribution in [0, 0.1) is 5.92 Å². The largest absolute Gasteiger partial charge is 0.269 e. The molecule has 1 atom stereocenters. The fraction of sp³-hybridized carbons (Fsp3) is 0.769. The van der Waals surface area contributed by atoms with E-state index in [4.69, 9.17) is 0 Å². The third-order valence-electron chi connectivity index (χ3n) is 2.98. The van der Waals surface area contributed by atoms with Gasteiger partial charge in [-0.3, -0.25) is 4.68 Å². The van der Waals surface area contributed by atoms with Gasteiger partial charge in [0, 0.05) is 17.6 Å². The normalized spacial score (nSPS) is 13.0. The zero-order chi connectivity index (χ0) is 12.0. The molecule has 0 aromatic carbocycles. The van der Waals surface area contributed by atoms with Gasteiger partial charge in [-0.05, 0) is 31.2 Å². The van der Waals surface area contributed by atoms with E-state index in [-0.39, 0.29) is 0 Å². The minimum absolute atomic E-state index is 0.708. The molecule has 1 aromatic heterocycles. The average molecular weight is 287 g/mol. The van der Waals surface area contributed by atoms with Crippen molar-refractivity contribution in [3.8, 4) is 0 Å². The Hall–Kier alpha value is -0.310. The van der Waals surface area contributed by atoms with Crippen LogP contribution >= 0.6 is 15.9 Å². The van der Waals surface area contributed by atoms with E-state index in [0.717, 1.165) is 24.7 Å². The number of halogens is 1. The average Bonchev–Trinajstić information content (AvgIpc) is 2.70. The van der Waals surface area contributed by atoms with E-state index >= 15 is 0 Å². The third-order valence-corrected chi connectivity index (χ3v) is 3.90. The lowest BCUT2D eigenvalue weighted by Gasteiger charge is -2.14. The molecular formula is C13H23BrN2. The van der Waals surface area contributed by atoms with Gasteiger partial charge in [-0.25, -0.2) is 0 Å². The summed E-state index contributed by atoms with van der Waals surface area (Å²) in [4.78, 5) is 0. The minimum atomic E-state index is 0.708. The van der Waals surface area contributed by atoms with Gasteiger partial charge in [0.15, 0.2) is 0 Å². The molecule has 0 spiro atoms. The van der Waals surface area contributed by atoms with Crippen molar-refractivity contribution in [1.29, 1.82) is 0 Å². The van der Waals surface area contributed by atoms with Gasteiger partial charge >= 0.3 is 0 Å². The molecule has 1 aromatic rings. The molecule has 1 rings (SSSR count). The summed E-state index contributed by atoms with van der Waals surface area (Å²) in [6.07, 6.45) is 4.64. The molecule has 0 aliphatic rings.